The molecule has 3 atom stereocenters. The van der Waals surface area contributed by atoms with Crippen LogP contribution in [0.3, 0.4) is 0 Å². The second-order valence-corrected chi connectivity index (χ2v) is 6.23. The van der Waals surface area contributed by atoms with Gasteiger partial charge in [0, 0.05) is 12.1 Å². The van der Waals surface area contributed by atoms with Crippen molar-refractivity contribution in [1.29, 1.82) is 0 Å². The quantitative estimate of drug-likeness (QED) is 0.870. The van der Waals surface area contributed by atoms with Crippen LogP contribution in [0.15, 0.2) is 24.3 Å². The standard InChI is InChI=1S/C17H26N2O2/c1-21-16-6-2-4-13(10-16)17(12-20)18-14-7-9-19-8-3-5-15(19)11-14/h2,4,6,10,14-15,17-18,20H,3,5,7-9,11-12H2,1H3. The summed E-state index contributed by atoms with van der Waals surface area (Å²) in [5, 5.41) is 13.4. The van der Waals surface area contributed by atoms with E-state index >= 15 is 0 Å². The van der Waals surface area contributed by atoms with E-state index < -0.39 is 0 Å². The molecule has 1 aromatic rings. The monoisotopic (exact) mass is 290 g/mol. The second-order valence-electron chi connectivity index (χ2n) is 6.23. The highest BCUT2D eigenvalue weighted by Gasteiger charge is 2.32. The molecule has 2 fully saturated rings. The summed E-state index contributed by atoms with van der Waals surface area (Å²) in [5.74, 6) is 0.846. The fourth-order valence-corrected chi connectivity index (χ4v) is 3.77. The summed E-state index contributed by atoms with van der Waals surface area (Å²) in [6.45, 7) is 2.59. The Morgan fingerprint density at radius 1 is 1.38 bits per heavy atom. The van der Waals surface area contributed by atoms with Crippen LogP contribution < -0.4 is 10.1 Å². The van der Waals surface area contributed by atoms with Crippen molar-refractivity contribution < 1.29 is 9.84 Å². The van der Waals surface area contributed by atoms with Crippen LogP contribution in [0.25, 0.3) is 0 Å². The van der Waals surface area contributed by atoms with Gasteiger partial charge in [0.15, 0.2) is 0 Å². The van der Waals surface area contributed by atoms with Gasteiger partial charge < -0.3 is 20.1 Å². The molecular weight excluding hydrogens is 264 g/mol. The van der Waals surface area contributed by atoms with Crippen LogP contribution in [-0.4, -0.2) is 48.9 Å². The van der Waals surface area contributed by atoms with Gasteiger partial charge in [-0.05, 0) is 56.5 Å². The zero-order valence-electron chi connectivity index (χ0n) is 12.8. The van der Waals surface area contributed by atoms with Crippen LogP contribution in [0, 0.1) is 0 Å². The third-order valence-corrected chi connectivity index (χ3v) is 4.94. The molecule has 3 rings (SSSR count). The minimum absolute atomic E-state index is 0.00180. The molecule has 0 bridgehead atoms. The Morgan fingerprint density at radius 2 is 2.29 bits per heavy atom. The normalized spacial score (nSPS) is 27.3. The highest BCUT2D eigenvalue weighted by molar-refractivity contribution is 5.30. The largest absolute Gasteiger partial charge is 0.497 e. The van der Waals surface area contributed by atoms with E-state index in [-0.39, 0.29) is 12.6 Å². The van der Waals surface area contributed by atoms with E-state index in [0.717, 1.165) is 17.4 Å². The third-order valence-electron chi connectivity index (χ3n) is 4.94. The number of nitrogens with one attached hydrogen (secondary N) is 1. The van der Waals surface area contributed by atoms with Gasteiger partial charge in [-0.3, -0.25) is 0 Å². The van der Waals surface area contributed by atoms with Crippen molar-refractivity contribution >= 4 is 0 Å². The van der Waals surface area contributed by atoms with Gasteiger partial charge in [-0.2, -0.15) is 0 Å². The molecule has 0 saturated carbocycles. The van der Waals surface area contributed by atoms with E-state index in [1.54, 1.807) is 7.11 Å². The Hall–Kier alpha value is -1.10. The number of aliphatic hydroxyl groups is 1. The lowest BCUT2D eigenvalue weighted by Gasteiger charge is -2.37. The fourth-order valence-electron chi connectivity index (χ4n) is 3.77. The van der Waals surface area contributed by atoms with Gasteiger partial charge >= 0.3 is 0 Å². The topological polar surface area (TPSA) is 44.7 Å². The summed E-state index contributed by atoms with van der Waals surface area (Å²) >= 11 is 0. The van der Waals surface area contributed by atoms with Gasteiger partial charge in [-0.25, -0.2) is 0 Å². The number of fused-ring (bicyclic) bond motifs is 1. The van der Waals surface area contributed by atoms with Crippen molar-refractivity contribution in [3.8, 4) is 5.75 Å². The van der Waals surface area contributed by atoms with Crippen LogP contribution in [-0.2, 0) is 0 Å². The molecule has 0 aliphatic carbocycles. The number of hydrogen-bond donors (Lipinski definition) is 2. The van der Waals surface area contributed by atoms with Crippen molar-refractivity contribution in [2.24, 2.45) is 0 Å². The predicted octanol–water partition coefficient (Wildman–Crippen LogP) is 1.94. The van der Waals surface area contributed by atoms with Gasteiger partial charge in [0.05, 0.1) is 19.8 Å². The van der Waals surface area contributed by atoms with E-state index in [9.17, 15) is 5.11 Å². The summed E-state index contributed by atoms with van der Waals surface area (Å²) < 4.78 is 5.28. The number of ether oxygens (including phenoxy) is 1. The summed E-state index contributed by atoms with van der Waals surface area (Å²) in [6.07, 6.45) is 5.06. The highest BCUT2D eigenvalue weighted by atomic mass is 16.5. The van der Waals surface area contributed by atoms with Crippen LogP contribution in [0.2, 0.25) is 0 Å². The van der Waals surface area contributed by atoms with Gasteiger partial charge in [0.1, 0.15) is 5.75 Å². The third kappa shape index (κ3) is 3.39. The molecule has 2 aliphatic rings. The molecule has 4 heteroatoms. The fraction of sp³-hybridized carbons (Fsp3) is 0.647. The van der Waals surface area contributed by atoms with Crippen molar-refractivity contribution in [2.75, 3.05) is 26.8 Å². The Balaban J connectivity index is 1.63. The minimum Gasteiger partial charge on any atom is -0.497 e. The molecule has 2 saturated heterocycles. The number of aliphatic hydroxyl groups excluding tert-OH is 1. The number of hydrogen-bond acceptors (Lipinski definition) is 4. The maximum atomic E-state index is 9.75. The Kier molecular flexibility index (Phi) is 4.78. The zero-order valence-corrected chi connectivity index (χ0v) is 12.8. The van der Waals surface area contributed by atoms with Gasteiger partial charge in [-0.15, -0.1) is 0 Å². The molecule has 0 amide bonds. The summed E-state index contributed by atoms with van der Waals surface area (Å²) in [4.78, 5) is 2.62. The maximum Gasteiger partial charge on any atom is 0.119 e. The number of rotatable bonds is 5. The summed E-state index contributed by atoms with van der Waals surface area (Å²) in [5.41, 5.74) is 1.10. The second kappa shape index (κ2) is 6.77. The minimum atomic E-state index is -0.00180. The lowest BCUT2D eigenvalue weighted by atomic mass is 9.96. The van der Waals surface area contributed by atoms with Crippen molar-refractivity contribution in [2.45, 2.75) is 43.8 Å². The van der Waals surface area contributed by atoms with Crippen LogP contribution in [0.1, 0.15) is 37.3 Å². The first-order valence-electron chi connectivity index (χ1n) is 8.05. The van der Waals surface area contributed by atoms with E-state index in [1.807, 2.05) is 18.2 Å². The highest BCUT2D eigenvalue weighted by Crippen LogP contribution is 2.28. The maximum absolute atomic E-state index is 9.75. The van der Waals surface area contributed by atoms with Crippen molar-refractivity contribution in [3.05, 3.63) is 29.8 Å². The summed E-state index contributed by atoms with van der Waals surface area (Å²) in [6, 6.07) is 9.25. The molecule has 0 aromatic heterocycles. The molecule has 2 aliphatic heterocycles. The number of benzene rings is 1. The van der Waals surface area contributed by atoms with Crippen LogP contribution >= 0.6 is 0 Å². The number of piperidine rings is 1. The Labute approximate surface area is 127 Å². The lowest BCUT2D eigenvalue weighted by Crippen LogP contribution is -2.47. The van der Waals surface area contributed by atoms with E-state index in [0.29, 0.717) is 6.04 Å². The van der Waals surface area contributed by atoms with Gasteiger partial charge in [0.2, 0.25) is 0 Å². The molecule has 0 radical (unpaired) electrons. The Bertz CT molecular complexity index is 466. The number of nitrogens with zero attached hydrogens (tertiary/aromatic N) is 1. The van der Waals surface area contributed by atoms with E-state index in [4.69, 9.17) is 4.74 Å². The lowest BCUT2D eigenvalue weighted by molar-refractivity contribution is 0.148. The smallest absolute Gasteiger partial charge is 0.119 e. The SMILES string of the molecule is COc1cccc(C(CO)NC2CCN3CCCC3C2)c1. The van der Waals surface area contributed by atoms with Crippen molar-refractivity contribution in [3.63, 3.8) is 0 Å². The molecule has 21 heavy (non-hydrogen) atoms. The van der Waals surface area contributed by atoms with E-state index in [2.05, 4.69) is 16.3 Å². The first-order valence-corrected chi connectivity index (χ1v) is 8.05. The molecule has 0 spiro atoms. The molecule has 1 aromatic carbocycles. The van der Waals surface area contributed by atoms with Crippen LogP contribution in [0.4, 0.5) is 0 Å². The van der Waals surface area contributed by atoms with Crippen molar-refractivity contribution in [1.82, 2.24) is 10.2 Å². The predicted molar refractivity (Wildman–Crippen MR) is 83.6 cm³/mol. The first-order chi connectivity index (χ1) is 10.3. The van der Waals surface area contributed by atoms with Gasteiger partial charge in [-0.1, -0.05) is 12.1 Å². The Morgan fingerprint density at radius 3 is 3.10 bits per heavy atom. The molecule has 4 nitrogen and oxygen atoms in total. The first kappa shape index (κ1) is 14.8. The molecule has 3 unspecified atom stereocenters. The van der Waals surface area contributed by atoms with Gasteiger partial charge in [0.25, 0.3) is 0 Å². The molecule has 2 heterocycles. The summed E-state index contributed by atoms with van der Waals surface area (Å²) in [7, 11) is 1.68. The number of methoxy groups -OCH3 is 1. The molecular formula is C17H26N2O2. The molecule has 116 valence electrons. The average Bonchev–Trinajstić information content (AvgIpc) is 3.00. The zero-order chi connectivity index (χ0) is 14.7. The van der Waals surface area contributed by atoms with E-state index in [1.165, 1.54) is 38.8 Å². The molecule has 2 N–H and O–H groups in total. The van der Waals surface area contributed by atoms with Crippen LogP contribution in [0.5, 0.6) is 5.75 Å². The average molecular weight is 290 g/mol.